The summed E-state index contributed by atoms with van der Waals surface area (Å²) in [7, 11) is 1.97. The van der Waals surface area contributed by atoms with Gasteiger partial charge < -0.3 is 15.3 Å². The minimum Gasteiger partial charge on any atom is -0.392 e. The van der Waals surface area contributed by atoms with Crippen molar-refractivity contribution in [3.63, 3.8) is 0 Å². The number of benzene rings is 1. The number of nitrogens with one attached hydrogen (secondary N) is 1. The second-order valence-corrected chi connectivity index (χ2v) is 5.95. The molecule has 1 saturated heterocycles. The minimum atomic E-state index is -0.555. The Labute approximate surface area is 134 Å². The summed E-state index contributed by atoms with van der Waals surface area (Å²) in [4.78, 5) is 18.2. The first-order valence-electron chi connectivity index (χ1n) is 7.72. The van der Waals surface area contributed by atoms with Crippen LogP contribution in [-0.4, -0.2) is 56.9 Å². The fourth-order valence-corrected chi connectivity index (χ4v) is 2.79. The van der Waals surface area contributed by atoms with Crippen LogP contribution >= 0.6 is 0 Å². The van der Waals surface area contributed by atoms with Gasteiger partial charge in [-0.25, -0.2) is 9.67 Å². The van der Waals surface area contributed by atoms with Gasteiger partial charge in [-0.2, -0.15) is 5.10 Å². The maximum absolute atomic E-state index is 12.3. The number of hydrogen-bond donors (Lipinski definition) is 2. The second-order valence-electron chi connectivity index (χ2n) is 5.95. The number of aliphatic hydroxyl groups is 1. The number of carbonyl (C=O) groups is 1. The summed E-state index contributed by atoms with van der Waals surface area (Å²) in [5.74, 6) is -0.451. The van der Waals surface area contributed by atoms with Crippen molar-refractivity contribution in [3.8, 4) is 5.69 Å². The highest BCUT2D eigenvalue weighted by molar-refractivity contribution is 5.79. The Balaban J connectivity index is 1.56. The number of likely N-dealkylation sites (tertiary alicyclic amines) is 1. The van der Waals surface area contributed by atoms with Crippen molar-refractivity contribution in [2.24, 2.45) is 5.92 Å². The maximum Gasteiger partial charge on any atom is 0.227 e. The van der Waals surface area contributed by atoms with E-state index in [0.717, 1.165) is 17.8 Å². The average Bonchev–Trinajstić information content (AvgIpc) is 3.10. The zero-order valence-corrected chi connectivity index (χ0v) is 13.1. The fraction of sp³-hybridized carbons (Fsp3) is 0.438. The molecule has 1 aromatic heterocycles. The van der Waals surface area contributed by atoms with Crippen molar-refractivity contribution < 1.29 is 9.90 Å². The smallest absolute Gasteiger partial charge is 0.227 e. The summed E-state index contributed by atoms with van der Waals surface area (Å²) < 4.78 is 1.68. The normalized spacial score (nSPS) is 22.0. The number of nitrogens with zero attached hydrogens (tertiary/aromatic N) is 4. The number of aromatic nitrogens is 3. The number of piperidine rings is 1. The van der Waals surface area contributed by atoms with E-state index in [0.29, 0.717) is 19.5 Å². The van der Waals surface area contributed by atoms with Crippen LogP contribution in [0.2, 0.25) is 0 Å². The lowest BCUT2D eigenvalue weighted by atomic mass is 9.94. The predicted molar refractivity (Wildman–Crippen MR) is 84.8 cm³/mol. The summed E-state index contributed by atoms with van der Waals surface area (Å²) in [6, 6.07) is 7.75. The van der Waals surface area contributed by atoms with Gasteiger partial charge in [0.05, 0.1) is 17.7 Å². The van der Waals surface area contributed by atoms with Crippen LogP contribution in [0.25, 0.3) is 5.69 Å². The summed E-state index contributed by atoms with van der Waals surface area (Å²) in [6.45, 7) is 1.87. The molecular weight excluding hydrogens is 294 g/mol. The van der Waals surface area contributed by atoms with E-state index in [1.54, 1.807) is 11.0 Å². The molecule has 3 rings (SSSR count). The molecule has 0 spiro atoms. The number of rotatable bonds is 4. The van der Waals surface area contributed by atoms with Crippen LogP contribution in [0.4, 0.5) is 0 Å². The number of amides is 1. The van der Waals surface area contributed by atoms with Gasteiger partial charge in [-0.1, -0.05) is 12.1 Å². The molecule has 0 saturated carbocycles. The Morgan fingerprint density at radius 1 is 1.39 bits per heavy atom. The predicted octanol–water partition coefficient (Wildman–Crippen LogP) is 0.196. The van der Waals surface area contributed by atoms with E-state index in [1.165, 1.54) is 6.33 Å². The third kappa shape index (κ3) is 3.75. The molecular formula is C16H21N5O2. The number of aliphatic hydroxyl groups excluding tert-OH is 1. The first-order chi connectivity index (χ1) is 11.1. The van der Waals surface area contributed by atoms with Crippen molar-refractivity contribution in [2.75, 3.05) is 20.1 Å². The standard InChI is InChI=1S/C16H21N5O2/c1-20-7-6-15(22)14(9-20)16(23)18-8-12-2-4-13(5-3-12)21-11-17-10-19-21/h2-5,10-11,14-15,22H,6-9H2,1H3,(H,18,23)/t14-,15-/m1/s1. The van der Waals surface area contributed by atoms with E-state index in [1.807, 2.05) is 31.3 Å². The number of hydrogen-bond acceptors (Lipinski definition) is 5. The monoisotopic (exact) mass is 315 g/mol. The van der Waals surface area contributed by atoms with Crippen molar-refractivity contribution in [3.05, 3.63) is 42.5 Å². The van der Waals surface area contributed by atoms with Crippen LogP contribution in [-0.2, 0) is 11.3 Å². The molecule has 1 aliphatic heterocycles. The molecule has 1 aromatic carbocycles. The van der Waals surface area contributed by atoms with Crippen LogP contribution in [0.5, 0.6) is 0 Å². The molecule has 0 bridgehead atoms. The van der Waals surface area contributed by atoms with Gasteiger partial charge >= 0.3 is 0 Å². The van der Waals surface area contributed by atoms with Crippen LogP contribution < -0.4 is 5.32 Å². The Morgan fingerprint density at radius 3 is 2.87 bits per heavy atom. The highest BCUT2D eigenvalue weighted by atomic mass is 16.3. The molecule has 2 N–H and O–H groups in total. The second kappa shape index (κ2) is 6.89. The molecule has 2 aromatic rings. The Bertz CT molecular complexity index is 641. The largest absolute Gasteiger partial charge is 0.392 e. The lowest BCUT2D eigenvalue weighted by Gasteiger charge is -2.32. The van der Waals surface area contributed by atoms with E-state index >= 15 is 0 Å². The van der Waals surface area contributed by atoms with E-state index in [9.17, 15) is 9.90 Å². The van der Waals surface area contributed by atoms with Crippen LogP contribution in [0.3, 0.4) is 0 Å². The zero-order chi connectivity index (χ0) is 16.2. The molecule has 7 heteroatoms. The highest BCUT2D eigenvalue weighted by Gasteiger charge is 2.31. The van der Waals surface area contributed by atoms with E-state index in [4.69, 9.17) is 0 Å². The SMILES string of the molecule is CN1CC[C@@H](O)[C@H](C(=O)NCc2ccc(-n3cncn3)cc2)C1. The lowest BCUT2D eigenvalue weighted by Crippen LogP contribution is -2.48. The zero-order valence-electron chi connectivity index (χ0n) is 13.1. The van der Waals surface area contributed by atoms with Gasteiger partial charge in [0.1, 0.15) is 12.7 Å². The van der Waals surface area contributed by atoms with Crippen molar-refractivity contribution in [1.82, 2.24) is 25.0 Å². The molecule has 1 fully saturated rings. The fourth-order valence-electron chi connectivity index (χ4n) is 2.79. The topological polar surface area (TPSA) is 83.3 Å². The third-order valence-corrected chi connectivity index (χ3v) is 4.20. The quantitative estimate of drug-likeness (QED) is 0.842. The van der Waals surface area contributed by atoms with Gasteiger partial charge in [0.2, 0.25) is 5.91 Å². The molecule has 0 aliphatic carbocycles. The average molecular weight is 315 g/mol. The first kappa shape index (κ1) is 15.6. The summed E-state index contributed by atoms with van der Waals surface area (Å²) >= 11 is 0. The van der Waals surface area contributed by atoms with Crippen molar-refractivity contribution >= 4 is 5.91 Å². The van der Waals surface area contributed by atoms with Gasteiger partial charge in [0.25, 0.3) is 0 Å². The third-order valence-electron chi connectivity index (χ3n) is 4.20. The lowest BCUT2D eigenvalue weighted by molar-refractivity contribution is -0.131. The highest BCUT2D eigenvalue weighted by Crippen LogP contribution is 2.16. The Hall–Kier alpha value is -2.25. The van der Waals surface area contributed by atoms with E-state index in [-0.39, 0.29) is 11.8 Å². The first-order valence-corrected chi connectivity index (χ1v) is 7.72. The van der Waals surface area contributed by atoms with Crippen molar-refractivity contribution in [2.45, 2.75) is 19.1 Å². The molecule has 0 radical (unpaired) electrons. The molecule has 1 aliphatic rings. The molecule has 122 valence electrons. The van der Waals surface area contributed by atoms with Gasteiger partial charge in [-0.05, 0) is 31.2 Å². The molecule has 0 unspecified atom stereocenters. The van der Waals surface area contributed by atoms with Gasteiger partial charge in [-0.3, -0.25) is 4.79 Å². The van der Waals surface area contributed by atoms with Crippen LogP contribution in [0.15, 0.2) is 36.9 Å². The Morgan fingerprint density at radius 2 is 2.17 bits per heavy atom. The van der Waals surface area contributed by atoms with E-state index in [2.05, 4.69) is 20.3 Å². The van der Waals surface area contributed by atoms with Gasteiger partial charge in [-0.15, -0.1) is 0 Å². The minimum absolute atomic E-state index is 0.0931. The summed E-state index contributed by atoms with van der Waals surface area (Å²) in [5, 5.41) is 17.0. The van der Waals surface area contributed by atoms with Gasteiger partial charge in [0, 0.05) is 19.6 Å². The van der Waals surface area contributed by atoms with Crippen molar-refractivity contribution in [1.29, 1.82) is 0 Å². The molecule has 2 atom stereocenters. The molecule has 23 heavy (non-hydrogen) atoms. The van der Waals surface area contributed by atoms with Crippen LogP contribution in [0.1, 0.15) is 12.0 Å². The maximum atomic E-state index is 12.3. The van der Waals surface area contributed by atoms with E-state index < -0.39 is 6.10 Å². The Kier molecular flexibility index (Phi) is 4.68. The van der Waals surface area contributed by atoms with Crippen LogP contribution in [0, 0.1) is 5.92 Å². The molecule has 1 amide bonds. The number of carbonyl (C=O) groups excluding carboxylic acids is 1. The summed E-state index contributed by atoms with van der Waals surface area (Å²) in [5.41, 5.74) is 1.92. The molecule has 7 nitrogen and oxygen atoms in total. The van der Waals surface area contributed by atoms with Gasteiger partial charge in [0.15, 0.2) is 0 Å². The summed E-state index contributed by atoms with van der Waals surface area (Å²) in [6.07, 6.45) is 3.21. The molecule has 2 heterocycles.